The molecule has 2 atom stereocenters. The molecule has 0 aliphatic heterocycles. The lowest BCUT2D eigenvalue weighted by molar-refractivity contribution is -0.464. The van der Waals surface area contributed by atoms with Crippen molar-refractivity contribution in [1.29, 1.82) is 0 Å². The molecule has 0 saturated carbocycles. The second-order valence-electron chi connectivity index (χ2n) is 4.42. The second kappa shape index (κ2) is 11.2. The highest BCUT2D eigenvalue weighted by atomic mass is 16.5. The van der Waals surface area contributed by atoms with Gasteiger partial charge in [0.2, 0.25) is 6.20 Å². The van der Waals surface area contributed by atoms with Gasteiger partial charge in [-0.15, -0.1) is 0 Å². The number of hydroxylamine groups is 1. The van der Waals surface area contributed by atoms with Crippen molar-refractivity contribution in [2.75, 3.05) is 13.7 Å². The fourth-order valence-corrected chi connectivity index (χ4v) is 1.48. The molecule has 5 heteroatoms. The number of nitrogens with zero attached hydrogens (tertiary/aromatic N) is 2. The van der Waals surface area contributed by atoms with Crippen LogP contribution in [-0.4, -0.2) is 35.8 Å². The quantitative estimate of drug-likeness (QED) is 0.283. The van der Waals surface area contributed by atoms with E-state index >= 15 is 0 Å². The van der Waals surface area contributed by atoms with Crippen LogP contribution >= 0.6 is 0 Å². The highest BCUT2D eigenvalue weighted by molar-refractivity contribution is 4.73. The van der Waals surface area contributed by atoms with Gasteiger partial charge in [0.25, 0.3) is 0 Å². The van der Waals surface area contributed by atoms with Crippen LogP contribution < -0.4 is 0 Å². The largest absolute Gasteiger partial charge is 0.595 e. The maximum Gasteiger partial charge on any atom is 0.205 e. The van der Waals surface area contributed by atoms with Crippen LogP contribution in [0.1, 0.15) is 46.0 Å². The normalized spacial score (nSPS) is 16.1. The molecule has 0 fully saturated rings. The summed E-state index contributed by atoms with van der Waals surface area (Å²) >= 11 is 0. The number of unbranched alkanes of at least 4 members (excludes halogenated alkanes) is 4. The molecule has 106 valence electrons. The zero-order chi connectivity index (χ0) is 13.8. The van der Waals surface area contributed by atoms with E-state index in [4.69, 9.17) is 4.74 Å². The fraction of sp³-hybridized carbons (Fsp3) is 0.846. The van der Waals surface area contributed by atoms with Gasteiger partial charge < -0.3 is 15.1 Å². The molecule has 2 unspecified atom stereocenters. The number of aliphatic hydroxyl groups excluding tert-OH is 1. The van der Waals surface area contributed by atoms with Crippen molar-refractivity contribution in [2.24, 2.45) is 5.11 Å². The van der Waals surface area contributed by atoms with Crippen molar-refractivity contribution in [3.8, 4) is 0 Å². The third-order valence-corrected chi connectivity index (χ3v) is 2.61. The monoisotopic (exact) mass is 258 g/mol. The van der Waals surface area contributed by atoms with E-state index in [1.165, 1.54) is 32.6 Å². The summed E-state index contributed by atoms with van der Waals surface area (Å²) in [6.45, 7) is 4.00. The SMILES string of the molecule is CCCCCC/C=C/[N+]([O-])=N/C(COC)C(C)O. The molecular formula is C13H26N2O3. The summed E-state index contributed by atoms with van der Waals surface area (Å²) in [5.74, 6) is 0. The Labute approximate surface area is 110 Å². The Morgan fingerprint density at radius 3 is 2.67 bits per heavy atom. The van der Waals surface area contributed by atoms with Gasteiger partial charge in [0.05, 0.1) is 12.7 Å². The van der Waals surface area contributed by atoms with Crippen LogP contribution in [0.2, 0.25) is 0 Å². The van der Waals surface area contributed by atoms with Gasteiger partial charge in [0.1, 0.15) is 0 Å². The molecule has 0 saturated heterocycles. The molecule has 0 aliphatic rings. The lowest BCUT2D eigenvalue weighted by Gasteiger charge is -2.11. The highest BCUT2D eigenvalue weighted by Gasteiger charge is 2.17. The molecule has 18 heavy (non-hydrogen) atoms. The first kappa shape index (κ1) is 17.1. The van der Waals surface area contributed by atoms with Crippen molar-refractivity contribution in [3.05, 3.63) is 17.5 Å². The molecule has 0 radical (unpaired) electrons. The third-order valence-electron chi connectivity index (χ3n) is 2.61. The molecule has 0 rings (SSSR count). The maximum atomic E-state index is 11.4. The number of hydrogen-bond donors (Lipinski definition) is 1. The first-order valence-electron chi connectivity index (χ1n) is 6.62. The first-order valence-corrected chi connectivity index (χ1v) is 6.62. The summed E-state index contributed by atoms with van der Waals surface area (Å²) in [5, 5.41) is 24.6. The Balaban J connectivity index is 4.02. The zero-order valence-corrected chi connectivity index (χ0v) is 11.7. The predicted octanol–water partition coefficient (Wildman–Crippen LogP) is 2.83. The van der Waals surface area contributed by atoms with Crippen LogP contribution in [0.3, 0.4) is 0 Å². The Morgan fingerprint density at radius 1 is 1.39 bits per heavy atom. The molecule has 0 spiro atoms. The topological polar surface area (TPSA) is 67.9 Å². The molecule has 0 heterocycles. The van der Waals surface area contributed by atoms with Gasteiger partial charge >= 0.3 is 0 Å². The summed E-state index contributed by atoms with van der Waals surface area (Å²) in [4.78, 5) is 0.510. The van der Waals surface area contributed by atoms with E-state index in [1.807, 2.05) is 6.08 Å². The molecule has 1 N–H and O–H groups in total. The number of azo groups is 1. The van der Waals surface area contributed by atoms with E-state index in [0.717, 1.165) is 12.8 Å². The van der Waals surface area contributed by atoms with Crippen LogP contribution in [0.15, 0.2) is 17.4 Å². The third kappa shape index (κ3) is 9.13. The lowest BCUT2D eigenvalue weighted by Crippen LogP contribution is -2.27. The molecule has 0 amide bonds. The minimum absolute atomic E-state index is 0.237. The van der Waals surface area contributed by atoms with Crippen molar-refractivity contribution < 1.29 is 14.7 Å². The second-order valence-corrected chi connectivity index (χ2v) is 4.42. The average molecular weight is 258 g/mol. The van der Waals surface area contributed by atoms with Gasteiger partial charge in [0, 0.05) is 7.11 Å². The van der Waals surface area contributed by atoms with Gasteiger partial charge in [-0.1, -0.05) is 31.0 Å². The summed E-state index contributed by atoms with van der Waals surface area (Å²) in [6.07, 6.45) is 8.14. The average Bonchev–Trinajstić information content (AvgIpc) is 2.33. The predicted molar refractivity (Wildman–Crippen MR) is 71.3 cm³/mol. The molecule has 0 bridgehead atoms. The van der Waals surface area contributed by atoms with Crippen molar-refractivity contribution in [1.82, 2.24) is 0 Å². The Hall–Kier alpha value is -0.940. The lowest BCUT2D eigenvalue weighted by atomic mass is 10.1. The van der Waals surface area contributed by atoms with E-state index in [0.29, 0.717) is 4.86 Å². The number of methoxy groups -OCH3 is 1. The number of ether oxygens (including phenoxy) is 1. The van der Waals surface area contributed by atoms with E-state index in [1.54, 1.807) is 6.92 Å². The zero-order valence-electron chi connectivity index (χ0n) is 11.7. The van der Waals surface area contributed by atoms with E-state index in [9.17, 15) is 10.3 Å². The van der Waals surface area contributed by atoms with Crippen molar-refractivity contribution in [2.45, 2.75) is 58.1 Å². The molecule has 0 aromatic heterocycles. The van der Waals surface area contributed by atoms with Crippen LogP contribution in [0.4, 0.5) is 0 Å². The van der Waals surface area contributed by atoms with Gasteiger partial charge in [0.15, 0.2) is 6.04 Å². The number of aliphatic hydroxyl groups is 1. The van der Waals surface area contributed by atoms with Crippen LogP contribution in [0.5, 0.6) is 0 Å². The number of allylic oxidation sites excluding steroid dienone is 1. The number of rotatable bonds is 10. The fourth-order valence-electron chi connectivity index (χ4n) is 1.48. The summed E-state index contributed by atoms with van der Waals surface area (Å²) < 4.78 is 4.89. The van der Waals surface area contributed by atoms with Crippen molar-refractivity contribution in [3.63, 3.8) is 0 Å². The molecular weight excluding hydrogens is 232 g/mol. The maximum absolute atomic E-state index is 11.4. The van der Waals surface area contributed by atoms with Gasteiger partial charge in [-0.05, 0) is 31.0 Å². The number of hydrogen-bond acceptors (Lipinski definition) is 4. The smallest absolute Gasteiger partial charge is 0.205 e. The molecule has 0 aromatic carbocycles. The Morgan fingerprint density at radius 2 is 2.11 bits per heavy atom. The van der Waals surface area contributed by atoms with Gasteiger partial charge in [-0.2, -0.15) is 0 Å². The highest BCUT2D eigenvalue weighted by Crippen LogP contribution is 2.04. The van der Waals surface area contributed by atoms with Gasteiger partial charge in [-0.3, -0.25) is 0 Å². The Kier molecular flexibility index (Phi) is 10.6. The Bertz CT molecular complexity index is 253. The summed E-state index contributed by atoms with van der Waals surface area (Å²) in [5.41, 5.74) is 0. The van der Waals surface area contributed by atoms with Crippen LogP contribution in [0.25, 0.3) is 0 Å². The standard InChI is InChI=1S/C13H26N2O3/c1-4-5-6-7-8-9-10-15(17)14-13(11-18-3)12(2)16/h9-10,12-13,16H,4-8,11H2,1-3H3/b10-9+,15-14-. The van der Waals surface area contributed by atoms with Crippen LogP contribution in [0, 0.1) is 5.21 Å². The van der Waals surface area contributed by atoms with Crippen LogP contribution in [-0.2, 0) is 4.74 Å². The van der Waals surface area contributed by atoms with Gasteiger partial charge in [-0.25, -0.2) is 0 Å². The molecule has 5 nitrogen and oxygen atoms in total. The van der Waals surface area contributed by atoms with E-state index in [-0.39, 0.29) is 6.61 Å². The van der Waals surface area contributed by atoms with E-state index in [2.05, 4.69) is 12.0 Å². The summed E-state index contributed by atoms with van der Waals surface area (Å²) in [7, 11) is 1.52. The minimum atomic E-state index is -0.695. The first-order chi connectivity index (χ1) is 8.61. The summed E-state index contributed by atoms with van der Waals surface area (Å²) in [6, 6.07) is -0.516. The van der Waals surface area contributed by atoms with E-state index < -0.39 is 12.1 Å². The molecule has 0 aromatic rings. The van der Waals surface area contributed by atoms with Crippen molar-refractivity contribution >= 4 is 0 Å². The minimum Gasteiger partial charge on any atom is -0.595 e. The molecule has 0 aliphatic carbocycles.